The SMILES string of the molecule is CNc1ccc(C(=O)N2CCS(=O)(=O)CC2C)cc1C. The van der Waals surface area contributed by atoms with Crippen molar-refractivity contribution in [3.8, 4) is 0 Å². The largest absolute Gasteiger partial charge is 0.388 e. The van der Waals surface area contributed by atoms with Crippen LogP contribution in [0.4, 0.5) is 5.69 Å². The number of sulfone groups is 1. The first-order valence-corrected chi connectivity index (χ1v) is 8.46. The van der Waals surface area contributed by atoms with Gasteiger partial charge in [-0.25, -0.2) is 8.42 Å². The van der Waals surface area contributed by atoms with Crippen molar-refractivity contribution in [1.82, 2.24) is 4.90 Å². The second-order valence-corrected chi connectivity index (χ2v) is 7.47. The molecule has 1 aliphatic rings. The molecule has 5 nitrogen and oxygen atoms in total. The van der Waals surface area contributed by atoms with Gasteiger partial charge in [0.25, 0.3) is 5.91 Å². The highest BCUT2D eigenvalue weighted by Gasteiger charge is 2.31. The maximum Gasteiger partial charge on any atom is 0.254 e. The normalized spacial score (nSPS) is 21.6. The number of rotatable bonds is 2. The van der Waals surface area contributed by atoms with Crippen molar-refractivity contribution >= 4 is 21.4 Å². The Balaban J connectivity index is 2.22. The Morgan fingerprint density at radius 2 is 2.10 bits per heavy atom. The van der Waals surface area contributed by atoms with Crippen molar-refractivity contribution in [3.05, 3.63) is 29.3 Å². The molecule has 6 heteroatoms. The summed E-state index contributed by atoms with van der Waals surface area (Å²) in [5, 5.41) is 3.06. The Morgan fingerprint density at radius 3 is 2.65 bits per heavy atom. The summed E-state index contributed by atoms with van der Waals surface area (Å²) in [5.74, 6) is 0.00125. The van der Waals surface area contributed by atoms with Crippen LogP contribution in [0.2, 0.25) is 0 Å². The van der Waals surface area contributed by atoms with Crippen LogP contribution in [0.1, 0.15) is 22.8 Å². The van der Waals surface area contributed by atoms with Gasteiger partial charge in [0.2, 0.25) is 0 Å². The van der Waals surface area contributed by atoms with Crippen molar-refractivity contribution in [1.29, 1.82) is 0 Å². The van der Waals surface area contributed by atoms with Crippen molar-refractivity contribution in [2.45, 2.75) is 19.9 Å². The van der Waals surface area contributed by atoms with Gasteiger partial charge in [0.1, 0.15) is 0 Å². The van der Waals surface area contributed by atoms with E-state index in [1.165, 1.54) is 0 Å². The number of hydrogen-bond donors (Lipinski definition) is 1. The molecule has 1 N–H and O–H groups in total. The van der Waals surface area contributed by atoms with Gasteiger partial charge in [-0.3, -0.25) is 4.79 Å². The van der Waals surface area contributed by atoms with Gasteiger partial charge in [-0.1, -0.05) is 0 Å². The van der Waals surface area contributed by atoms with E-state index in [-0.39, 0.29) is 30.0 Å². The molecule has 1 aliphatic heterocycles. The highest BCUT2D eigenvalue weighted by Crippen LogP contribution is 2.20. The minimum Gasteiger partial charge on any atom is -0.388 e. The maximum atomic E-state index is 12.5. The van der Waals surface area contributed by atoms with Crippen molar-refractivity contribution < 1.29 is 13.2 Å². The lowest BCUT2D eigenvalue weighted by molar-refractivity contribution is 0.0712. The Kier molecular flexibility index (Phi) is 4.04. The van der Waals surface area contributed by atoms with E-state index in [9.17, 15) is 13.2 Å². The van der Waals surface area contributed by atoms with E-state index < -0.39 is 9.84 Å². The van der Waals surface area contributed by atoms with E-state index in [2.05, 4.69) is 5.32 Å². The van der Waals surface area contributed by atoms with E-state index in [1.54, 1.807) is 17.9 Å². The van der Waals surface area contributed by atoms with Gasteiger partial charge < -0.3 is 10.2 Å². The monoisotopic (exact) mass is 296 g/mol. The van der Waals surface area contributed by atoms with Crippen molar-refractivity contribution in [3.63, 3.8) is 0 Å². The smallest absolute Gasteiger partial charge is 0.254 e. The summed E-state index contributed by atoms with van der Waals surface area (Å²) >= 11 is 0. The highest BCUT2D eigenvalue weighted by molar-refractivity contribution is 7.91. The van der Waals surface area contributed by atoms with Crippen LogP contribution in [0, 0.1) is 6.92 Å². The van der Waals surface area contributed by atoms with Crippen molar-refractivity contribution in [2.24, 2.45) is 0 Å². The van der Waals surface area contributed by atoms with Crippen LogP contribution in [-0.2, 0) is 9.84 Å². The first-order chi connectivity index (χ1) is 9.34. The Morgan fingerprint density at radius 1 is 1.40 bits per heavy atom. The van der Waals surface area contributed by atoms with Crippen LogP contribution in [0.25, 0.3) is 0 Å². The molecule has 2 rings (SSSR count). The van der Waals surface area contributed by atoms with Crippen LogP contribution >= 0.6 is 0 Å². The molecule has 0 aliphatic carbocycles. The lowest BCUT2D eigenvalue weighted by atomic mass is 10.1. The van der Waals surface area contributed by atoms with Crippen LogP contribution < -0.4 is 5.32 Å². The number of anilines is 1. The maximum absolute atomic E-state index is 12.5. The molecule has 1 heterocycles. The summed E-state index contributed by atoms with van der Waals surface area (Å²) in [6, 6.07) is 5.21. The van der Waals surface area contributed by atoms with Crippen LogP contribution in [0.15, 0.2) is 18.2 Å². The number of carbonyl (C=O) groups excluding carboxylic acids is 1. The molecule has 0 aromatic heterocycles. The zero-order valence-corrected chi connectivity index (χ0v) is 12.8. The first kappa shape index (κ1) is 14.8. The predicted molar refractivity (Wildman–Crippen MR) is 79.9 cm³/mol. The molecular formula is C14H20N2O3S. The zero-order chi connectivity index (χ0) is 14.9. The van der Waals surface area contributed by atoms with Crippen molar-refractivity contribution in [2.75, 3.05) is 30.4 Å². The third kappa shape index (κ3) is 2.95. The molecule has 0 radical (unpaired) electrons. The molecule has 1 aromatic carbocycles. The molecule has 20 heavy (non-hydrogen) atoms. The van der Waals surface area contributed by atoms with Gasteiger partial charge in [0.05, 0.1) is 11.5 Å². The van der Waals surface area contributed by atoms with E-state index in [1.807, 2.05) is 26.1 Å². The molecule has 1 unspecified atom stereocenters. The van der Waals surface area contributed by atoms with E-state index in [4.69, 9.17) is 0 Å². The second-order valence-electron chi connectivity index (χ2n) is 5.24. The number of benzene rings is 1. The molecule has 0 bridgehead atoms. The van der Waals surface area contributed by atoms with Gasteiger partial charge in [-0.2, -0.15) is 0 Å². The summed E-state index contributed by atoms with van der Waals surface area (Å²) in [6.45, 7) is 3.99. The van der Waals surface area contributed by atoms with E-state index >= 15 is 0 Å². The third-order valence-electron chi connectivity index (χ3n) is 3.67. The molecular weight excluding hydrogens is 276 g/mol. The quantitative estimate of drug-likeness (QED) is 0.893. The van der Waals surface area contributed by atoms with E-state index in [0.29, 0.717) is 5.56 Å². The van der Waals surface area contributed by atoms with E-state index in [0.717, 1.165) is 11.3 Å². The molecule has 0 saturated carbocycles. The molecule has 1 amide bonds. The topological polar surface area (TPSA) is 66.5 Å². The Labute approximate surface area is 119 Å². The number of amides is 1. The lowest BCUT2D eigenvalue weighted by Crippen LogP contribution is -2.49. The van der Waals surface area contributed by atoms with Gasteiger partial charge >= 0.3 is 0 Å². The highest BCUT2D eigenvalue weighted by atomic mass is 32.2. The summed E-state index contributed by atoms with van der Waals surface area (Å²) in [7, 11) is -1.17. The summed E-state index contributed by atoms with van der Waals surface area (Å²) < 4.78 is 23.1. The third-order valence-corrected chi connectivity index (χ3v) is 5.47. The first-order valence-electron chi connectivity index (χ1n) is 6.64. The minimum atomic E-state index is -3.00. The van der Waals surface area contributed by atoms with Crippen LogP contribution in [-0.4, -0.2) is 50.4 Å². The number of hydrogen-bond acceptors (Lipinski definition) is 4. The van der Waals surface area contributed by atoms with Gasteiger partial charge in [-0.15, -0.1) is 0 Å². The minimum absolute atomic E-state index is 0.0479. The molecule has 110 valence electrons. The predicted octanol–water partition coefficient (Wildman–Crippen LogP) is 1.30. The summed E-state index contributed by atoms with van der Waals surface area (Å²) in [4.78, 5) is 14.1. The Bertz CT molecular complexity index is 625. The number of carbonyl (C=O) groups is 1. The average Bonchev–Trinajstić information content (AvgIpc) is 2.37. The number of aryl methyl sites for hydroxylation is 1. The standard InChI is InChI=1S/C14H20N2O3S/c1-10-8-12(4-5-13(10)15-3)14(17)16-6-7-20(18,19)9-11(16)2/h4-5,8,11,15H,6-7,9H2,1-3H3. The zero-order valence-electron chi connectivity index (χ0n) is 12.0. The Hall–Kier alpha value is -1.56. The molecule has 1 fully saturated rings. The fourth-order valence-corrected chi connectivity index (χ4v) is 4.10. The van der Waals surface area contributed by atoms with Crippen LogP contribution in [0.3, 0.4) is 0 Å². The molecule has 0 spiro atoms. The molecule has 1 saturated heterocycles. The summed E-state index contributed by atoms with van der Waals surface area (Å²) in [6.07, 6.45) is 0. The lowest BCUT2D eigenvalue weighted by Gasteiger charge is -2.33. The van der Waals surface area contributed by atoms with Gasteiger partial charge in [0, 0.05) is 30.9 Å². The number of nitrogens with zero attached hydrogens (tertiary/aromatic N) is 1. The van der Waals surface area contributed by atoms with Gasteiger partial charge in [-0.05, 0) is 37.6 Å². The fraction of sp³-hybridized carbons (Fsp3) is 0.500. The van der Waals surface area contributed by atoms with Crippen LogP contribution in [0.5, 0.6) is 0 Å². The summed E-state index contributed by atoms with van der Waals surface area (Å²) in [5.41, 5.74) is 2.58. The average molecular weight is 296 g/mol. The second kappa shape index (κ2) is 5.44. The number of nitrogens with one attached hydrogen (secondary N) is 1. The molecule has 1 aromatic rings. The van der Waals surface area contributed by atoms with Gasteiger partial charge in [0.15, 0.2) is 9.84 Å². The molecule has 1 atom stereocenters. The fourth-order valence-electron chi connectivity index (χ4n) is 2.54.